The summed E-state index contributed by atoms with van der Waals surface area (Å²) in [6, 6.07) is 3.32. The van der Waals surface area contributed by atoms with Gasteiger partial charge in [-0.3, -0.25) is 0 Å². The number of hydrogen-bond donors (Lipinski definition) is 2. The van der Waals surface area contributed by atoms with Crippen LogP contribution in [-0.4, -0.2) is 17.1 Å². The maximum Gasteiger partial charge on any atom is 0.317 e. The third kappa shape index (κ3) is 4.32. The molecule has 5 nitrogen and oxygen atoms in total. The van der Waals surface area contributed by atoms with Crippen molar-refractivity contribution in [3.05, 3.63) is 0 Å². The number of nitrogens with zero attached hydrogens (tertiary/aromatic N) is 2. The normalized spacial score (nSPS) is 11.0. The van der Waals surface area contributed by atoms with E-state index >= 15 is 0 Å². The van der Waals surface area contributed by atoms with Crippen LogP contribution in [0.4, 0.5) is 4.79 Å². The number of hydrogen-bond acceptors (Lipinski definition) is 3. The molecule has 2 amide bonds. The molecule has 2 N–H and O–H groups in total. The standard InChI is InChI=1S/C9H14N4O/c1-8(2,5-10)12-7(14)13-9(3,4)6-11/h1-4H3,(H2,12,13,14). The van der Waals surface area contributed by atoms with Crippen LogP contribution in [0, 0.1) is 22.7 Å². The van der Waals surface area contributed by atoms with Gasteiger partial charge in [0.2, 0.25) is 0 Å². The second-order valence-electron chi connectivity index (χ2n) is 4.05. The number of amides is 2. The highest BCUT2D eigenvalue weighted by Gasteiger charge is 2.24. The van der Waals surface area contributed by atoms with Crippen LogP contribution < -0.4 is 10.6 Å². The fraction of sp³-hybridized carbons (Fsp3) is 0.667. The van der Waals surface area contributed by atoms with Crippen molar-refractivity contribution < 1.29 is 4.79 Å². The Morgan fingerprint density at radius 3 is 1.50 bits per heavy atom. The summed E-state index contributed by atoms with van der Waals surface area (Å²) in [5, 5.41) is 22.2. The molecule has 5 heteroatoms. The summed E-state index contributed by atoms with van der Waals surface area (Å²) >= 11 is 0. The molecule has 0 aromatic heterocycles. The van der Waals surface area contributed by atoms with Crippen LogP contribution in [0.1, 0.15) is 27.7 Å². The number of urea groups is 1. The van der Waals surface area contributed by atoms with Crippen LogP contribution in [0.5, 0.6) is 0 Å². The average Bonchev–Trinajstić information content (AvgIpc) is 2.02. The van der Waals surface area contributed by atoms with E-state index in [1.54, 1.807) is 27.7 Å². The molecule has 0 aliphatic carbocycles. The van der Waals surface area contributed by atoms with Gasteiger partial charge < -0.3 is 10.6 Å². The number of carbonyl (C=O) groups is 1. The highest BCUT2D eigenvalue weighted by molar-refractivity contribution is 5.76. The monoisotopic (exact) mass is 194 g/mol. The van der Waals surface area contributed by atoms with Gasteiger partial charge in [0.25, 0.3) is 0 Å². The van der Waals surface area contributed by atoms with Gasteiger partial charge in [-0.25, -0.2) is 4.79 Å². The maximum atomic E-state index is 11.3. The van der Waals surface area contributed by atoms with Crippen molar-refractivity contribution in [1.82, 2.24) is 10.6 Å². The Balaban J connectivity index is 4.30. The first-order valence-corrected chi connectivity index (χ1v) is 4.15. The first kappa shape index (κ1) is 12.2. The lowest BCUT2D eigenvalue weighted by Gasteiger charge is -2.22. The molecule has 0 aromatic rings. The molecule has 0 saturated carbocycles. The molecule has 0 bridgehead atoms. The van der Waals surface area contributed by atoms with Crippen LogP contribution in [-0.2, 0) is 0 Å². The van der Waals surface area contributed by atoms with E-state index in [0.29, 0.717) is 0 Å². The van der Waals surface area contributed by atoms with Gasteiger partial charge in [0.1, 0.15) is 11.1 Å². The fourth-order valence-corrected chi connectivity index (χ4v) is 0.655. The van der Waals surface area contributed by atoms with Gasteiger partial charge >= 0.3 is 6.03 Å². The molecule has 76 valence electrons. The summed E-state index contributed by atoms with van der Waals surface area (Å²) in [5.74, 6) is 0. The molecule has 0 heterocycles. The quantitative estimate of drug-likeness (QED) is 0.684. The summed E-state index contributed by atoms with van der Waals surface area (Å²) in [6.07, 6.45) is 0. The zero-order valence-electron chi connectivity index (χ0n) is 8.80. The van der Waals surface area contributed by atoms with E-state index in [9.17, 15) is 4.79 Å². The van der Waals surface area contributed by atoms with E-state index in [0.717, 1.165) is 0 Å². The molecule has 0 aliphatic heterocycles. The number of nitriles is 2. The first-order valence-electron chi connectivity index (χ1n) is 4.15. The second kappa shape index (κ2) is 3.97. The van der Waals surface area contributed by atoms with E-state index in [-0.39, 0.29) is 0 Å². The largest absolute Gasteiger partial charge is 0.320 e. The highest BCUT2D eigenvalue weighted by atomic mass is 16.2. The van der Waals surface area contributed by atoms with Crippen LogP contribution in [0.15, 0.2) is 0 Å². The Hall–Kier alpha value is -1.75. The van der Waals surface area contributed by atoms with E-state index in [1.165, 1.54) is 0 Å². The second-order valence-corrected chi connectivity index (χ2v) is 4.05. The van der Waals surface area contributed by atoms with Crippen molar-refractivity contribution in [2.24, 2.45) is 0 Å². The minimum Gasteiger partial charge on any atom is -0.320 e. The summed E-state index contributed by atoms with van der Waals surface area (Å²) in [6.45, 7) is 6.30. The fourth-order valence-electron chi connectivity index (χ4n) is 0.655. The average molecular weight is 194 g/mol. The molecule has 0 saturated heterocycles. The molecule has 0 fully saturated rings. The Morgan fingerprint density at radius 1 is 1.00 bits per heavy atom. The van der Waals surface area contributed by atoms with Crippen molar-refractivity contribution in [3.8, 4) is 12.1 Å². The van der Waals surface area contributed by atoms with Gasteiger partial charge in [-0.2, -0.15) is 10.5 Å². The lowest BCUT2D eigenvalue weighted by Crippen LogP contribution is -2.53. The first-order chi connectivity index (χ1) is 6.22. The summed E-state index contributed by atoms with van der Waals surface area (Å²) in [4.78, 5) is 11.3. The third-order valence-corrected chi connectivity index (χ3v) is 1.41. The molecule has 0 aliphatic rings. The molecular weight excluding hydrogens is 180 g/mol. The van der Waals surface area contributed by atoms with Gasteiger partial charge in [-0.1, -0.05) is 0 Å². The van der Waals surface area contributed by atoms with Crippen molar-refractivity contribution in [2.75, 3.05) is 0 Å². The summed E-state index contributed by atoms with van der Waals surface area (Å²) in [5.41, 5.74) is -1.87. The predicted octanol–water partition coefficient (Wildman–Crippen LogP) is 0.890. The van der Waals surface area contributed by atoms with Crippen LogP contribution in [0.2, 0.25) is 0 Å². The van der Waals surface area contributed by atoms with Gasteiger partial charge in [0, 0.05) is 0 Å². The van der Waals surface area contributed by atoms with E-state index in [4.69, 9.17) is 10.5 Å². The van der Waals surface area contributed by atoms with E-state index in [1.807, 2.05) is 12.1 Å². The molecule has 0 radical (unpaired) electrons. The molecule has 0 rings (SSSR count). The van der Waals surface area contributed by atoms with Gasteiger partial charge in [0.05, 0.1) is 12.1 Å². The molecular formula is C9H14N4O. The van der Waals surface area contributed by atoms with E-state index in [2.05, 4.69) is 10.6 Å². The topological polar surface area (TPSA) is 88.7 Å². The zero-order chi connectivity index (χ0) is 11.4. The van der Waals surface area contributed by atoms with Gasteiger partial charge in [0.15, 0.2) is 0 Å². The summed E-state index contributed by atoms with van der Waals surface area (Å²) in [7, 11) is 0. The molecule has 0 unspecified atom stereocenters. The molecule has 0 atom stereocenters. The van der Waals surface area contributed by atoms with Crippen molar-refractivity contribution >= 4 is 6.03 Å². The van der Waals surface area contributed by atoms with Crippen LogP contribution in [0.3, 0.4) is 0 Å². The van der Waals surface area contributed by atoms with E-state index < -0.39 is 17.1 Å². The maximum absolute atomic E-state index is 11.3. The molecule has 14 heavy (non-hydrogen) atoms. The lowest BCUT2D eigenvalue weighted by molar-refractivity contribution is 0.229. The third-order valence-electron chi connectivity index (χ3n) is 1.41. The number of nitrogens with one attached hydrogen (secondary N) is 2. The summed E-state index contributed by atoms with van der Waals surface area (Å²) < 4.78 is 0. The SMILES string of the molecule is CC(C)(C#N)NC(=O)NC(C)(C)C#N. The van der Waals surface area contributed by atoms with Gasteiger partial charge in [-0.15, -0.1) is 0 Å². The van der Waals surface area contributed by atoms with Crippen molar-refractivity contribution in [3.63, 3.8) is 0 Å². The Bertz CT molecular complexity index is 276. The zero-order valence-corrected chi connectivity index (χ0v) is 8.80. The minimum atomic E-state index is -0.935. The highest BCUT2D eigenvalue weighted by Crippen LogP contribution is 2.01. The van der Waals surface area contributed by atoms with Crippen molar-refractivity contribution in [1.29, 1.82) is 10.5 Å². The predicted molar refractivity (Wildman–Crippen MR) is 51.1 cm³/mol. The van der Waals surface area contributed by atoms with Crippen LogP contribution >= 0.6 is 0 Å². The molecule has 0 aromatic carbocycles. The molecule has 0 spiro atoms. The number of carbonyl (C=O) groups excluding carboxylic acids is 1. The van der Waals surface area contributed by atoms with Crippen molar-refractivity contribution in [2.45, 2.75) is 38.8 Å². The Kier molecular flexibility index (Phi) is 3.48. The Labute approximate surface area is 83.7 Å². The lowest BCUT2D eigenvalue weighted by atomic mass is 10.1. The smallest absolute Gasteiger partial charge is 0.317 e. The number of rotatable bonds is 2. The minimum absolute atomic E-state index is 0.525. The Morgan fingerprint density at radius 2 is 1.29 bits per heavy atom. The van der Waals surface area contributed by atoms with Gasteiger partial charge in [-0.05, 0) is 27.7 Å². The van der Waals surface area contributed by atoms with Crippen LogP contribution in [0.25, 0.3) is 0 Å².